The van der Waals surface area contributed by atoms with Crippen LogP contribution in [0.1, 0.15) is 11.3 Å². The summed E-state index contributed by atoms with van der Waals surface area (Å²) in [6, 6.07) is 16.7. The van der Waals surface area contributed by atoms with Gasteiger partial charge in [-0.1, -0.05) is 29.8 Å². The van der Waals surface area contributed by atoms with Crippen LogP contribution in [0.4, 0.5) is 0 Å². The molecule has 0 atom stereocenters. The van der Waals surface area contributed by atoms with Crippen molar-refractivity contribution in [1.82, 2.24) is 10.3 Å². The molecule has 0 unspecified atom stereocenters. The Kier molecular flexibility index (Phi) is 3.91. The second kappa shape index (κ2) is 5.84. The molecule has 0 fully saturated rings. The fraction of sp³-hybridized carbons (Fsp3) is 0.167. The number of nitrogens with zero attached hydrogens (tertiary/aromatic N) is 1. The van der Waals surface area contributed by atoms with Gasteiger partial charge >= 0.3 is 0 Å². The number of halogens is 1. The molecule has 2 nitrogen and oxygen atoms in total. The largest absolute Gasteiger partial charge is 0.316 e. The van der Waals surface area contributed by atoms with Gasteiger partial charge in [-0.25, -0.2) is 0 Å². The number of aryl methyl sites for hydroxylation is 1. The third-order valence-corrected chi connectivity index (χ3v) is 3.94. The van der Waals surface area contributed by atoms with E-state index < -0.39 is 0 Å². The Bertz CT molecular complexity index is 796. The Balaban J connectivity index is 2.07. The van der Waals surface area contributed by atoms with Crippen molar-refractivity contribution in [3.63, 3.8) is 0 Å². The number of hydrogen-bond donors (Lipinski definition) is 1. The summed E-state index contributed by atoms with van der Waals surface area (Å²) in [5.74, 6) is 0. The van der Waals surface area contributed by atoms with E-state index in [2.05, 4.69) is 46.7 Å². The van der Waals surface area contributed by atoms with Crippen LogP contribution in [0.3, 0.4) is 0 Å². The average molecular weight is 297 g/mol. The molecule has 0 bridgehead atoms. The number of aromatic nitrogens is 1. The molecule has 2 aromatic carbocycles. The molecule has 21 heavy (non-hydrogen) atoms. The molecule has 3 heteroatoms. The zero-order valence-corrected chi connectivity index (χ0v) is 12.9. The minimum atomic E-state index is 0.765. The van der Waals surface area contributed by atoms with Gasteiger partial charge in [-0.2, -0.15) is 0 Å². The van der Waals surface area contributed by atoms with Crippen molar-refractivity contribution in [3.05, 3.63) is 64.8 Å². The smallest absolute Gasteiger partial charge is 0.0705 e. The fourth-order valence-electron chi connectivity index (χ4n) is 2.49. The maximum Gasteiger partial charge on any atom is 0.0705 e. The number of nitrogens with one attached hydrogen (secondary N) is 1. The van der Waals surface area contributed by atoms with Gasteiger partial charge in [0.15, 0.2) is 0 Å². The normalized spacial score (nSPS) is 11.0. The first-order chi connectivity index (χ1) is 10.2. The topological polar surface area (TPSA) is 24.9 Å². The Morgan fingerprint density at radius 1 is 1.00 bits per heavy atom. The molecular formula is C18H17ClN2. The standard InChI is InChI=1S/C18H17ClN2/c1-12-3-4-15-9-14(6-8-18(15)21-12)13-5-7-17(19)16(10-13)11-20-2/h3-10,20H,11H2,1-2H3. The minimum absolute atomic E-state index is 0.765. The van der Waals surface area contributed by atoms with E-state index in [0.29, 0.717) is 0 Å². The summed E-state index contributed by atoms with van der Waals surface area (Å²) in [7, 11) is 1.92. The molecule has 3 rings (SSSR count). The van der Waals surface area contributed by atoms with E-state index >= 15 is 0 Å². The molecule has 0 spiro atoms. The summed E-state index contributed by atoms with van der Waals surface area (Å²) in [6.45, 7) is 2.78. The zero-order chi connectivity index (χ0) is 14.8. The van der Waals surface area contributed by atoms with Gasteiger partial charge in [-0.3, -0.25) is 4.98 Å². The van der Waals surface area contributed by atoms with Crippen molar-refractivity contribution >= 4 is 22.5 Å². The highest BCUT2D eigenvalue weighted by atomic mass is 35.5. The lowest BCUT2D eigenvalue weighted by molar-refractivity contribution is 0.818. The number of benzene rings is 2. The van der Waals surface area contributed by atoms with Crippen LogP contribution in [0.15, 0.2) is 48.5 Å². The van der Waals surface area contributed by atoms with E-state index in [0.717, 1.165) is 33.7 Å². The highest BCUT2D eigenvalue weighted by Crippen LogP contribution is 2.27. The van der Waals surface area contributed by atoms with E-state index in [-0.39, 0.29) is 0 Å². The second-order valence-corrected chi connectivity index (χ2v) is 5.60. The molecule has 0 aliphatic heterocycles. The van der Waals surface area contributed by atoms with Crippen LogP contribution in [0.5, 0.6) is 0 Å². The molecule has 1 N–H and O–H groups in total. The van der Waals surface area contributed by atoms with Crippen molar-refractivity contribution < 1.29 is 0 Å². The van der Waals surface area contributed by atoms with E-state index in [1.807, 2.05) is 26.1 Å². The maximum atomic E-state index is 6.22. The molecule has 0 amide bonds. The molecule has 0 aliphatic rings. The predicted molar refractivity (Wildman–Crippen MR) is 89.7 cm³/mol. The summed E-state index contributed by atoms with van der Waals surface area (Å²) in [5.41, 5.74) is 5.54. The first-order valence-corrected chi connectivity index (χ1v) is 7.36. The lowest BCUT2D eigenvalue weighted by Gasteiger charge is -2.09. The van der Waals surface area contributed by atoms with Gasteiger partial charge in [0, 0.05) is 22.6 Å². The van der Waals surface area contributed by atoms with Gasteiger partial charge in [-0.05, 0) is 61.0 Å². The fourth-order valence-corrected chi connectivity index (χ4v) is 2.67. The van der Waals surface area contributed by atoms with Crippen LogP contribution in [-0.2, 0) is 6.54 Å². The molecule has 0 aliphatic carbocycles. The van der Waals surface area contributed by atoms with Crippen LogP contribution in [-0.4, -0.2) is 12.0 Å². The summed E-state index contributed by atoms with van der Waals surface area (Å²) in [4.78, 5) is 4.54. The van der Waals surface area contributed by atoms with Crippen LogP contribution < -0.4 is 5.32 Å². The van der Waals surface area contributed by atoms with Crippen LogP contribution >= 0.6 is 11.6 Å². The lowest BCUT2D eigenvalue weighted by Crippen LogP contribution is -2.05. The van der Waals surface area contributed by atoms with Gasteiger partial charge < -0.3 is 5.32 Å². The van der Waals surface area contributed by atoms with Crippen LogP contribution in [0.2, 0.25) is 5.02 Å². The average Bonchev–Trinajstić information content (AvgIpc) is 2.49. The summed E-state index contributed by atoms with van der Waals surface area (Å²) in [6.07, 6.45) is 0. The monoisotopic (exact) mass is 296 g/mol. The predicted octanol–water partition coefficient (Wildman–Crippen LogP) is 4.58. The van der Waals surface area contributed by atoms with Gasteiger partial charge in [0.05, 0.1) is 5.52 Å². The highest BCUT2D eigenvalue weighted by molar-refractivity contribution is 6.31. The summed E-state index contributed by atoms with van der Waals surface area (Å²) >= 11 is 6.22. The van der Waals surface area contributed by atoms with Crippen molar-refractivity contribution in [2.45, 2.75) is 13.5 Å². The third-order valence-electron chi connectivity index (χ3n) is 3.57. The molecular weight excluding hydrogens is 280 g/mol. The molecule has 0 radical (unpaired) electrons. The first-order valence-electron chi connectivity index (χ1n) is 6.98. The third kappa shape index (κ3) is 2.92. The highest BCUT2D eigenvalue weighted by Gasteiger charge is 2.05. The molecule has 1 aromatic heterocycles. The van der Waals surface area contributed by atoms with Gasteiger partial charge in [0.25, 0.3) is 0 Å². The Labute approximate surface area is 129 Å². The number of pyridine rings is 1. The van der Waals surface area contributed by atoms with Gasteiger partial charge in [0.1, 0.15) is 0 Å². The maximum absolute atomic E-state index is 6.22. The SMILES string of the molecule is CNCc1cc(-c2ccc3nc(C)ccc3c2)ccc1Cl. The Morgan fingerprint density at radius 2 is 1.76 bits per heavy atom. The minimum Gasteiger partial charge on any atom is -0.316 e. The zero-order valence-electron chi connectivity index (χ0n) is 12.2. The lowest BCUT2D eigenvalue weighted by atomic mass is 10.0. The Morgan fingerprint density at radius 3 is 2.57 bits per heavy atom. The number of fused-ring (bicyclic) bond motifs is 1. The molecule has 106 valence electrons. The number of rotatable bonds is 3. The number of hydrogen-bond acceptors (Lipinski definition) is 2. The summed E-state index contributed by atoms with van der Waals surface area (Å²) < 4.78 is 0. The van der Waals surface area contributed by atoms with Crippen molar-refractivity contribution in [1.29, 1.82) is 0 Å². The van der Waals surface area contributed by atoms with E-state index in [9.17, 15) is 0 Å². The van der Waals surface area contributed by atoms with Gasteiger partial charge in [-0.15, -0.1) is 0 Å². The van der Waals surface area contributed by atoms with Crippen LogP contribution in [0.25, 0.3) is 22.0 Å². The quantitative estimate of drug-likeness (QED) is 0.765. The summed E-state index contributed by atoms with van der Waals surface area (Å²) in [5, 5.41) is 5.10. The molecule has 1 heterocycles. The molecule has 3 aromatic rings. The van der Waals surface area contributed by atoms with E-state index in [1.54, 1.807) is 0 Å². The second-order valence-electron chi connectivity index (χ2n) is 5.20. The van der Waals surface area contributed by atoms with E-state index in [1.165, 1.54) is 11.1 Å². The van der Waals surface area contributed by atoms with Gasteiger partial charge in [0.2, 0.25) is 0 Å². The van der Waals surface area contributed by atoms with Crippen molar-refractivity contribution in [3.8, 4) is 11.1 Å². The first kappa shape index (κ1) is 14.1. The van der Waals surface area contributed by atoms with Crippen molar-refractivity contribution in [2.75, 3.05) is 7.05 Å². The van der Waals surface area contributed by atoms with E-state index in [4.69, 9.17) is 11.6 Å². The van der Waals surface area contributed by atoms with Crippen LogP contribution in [0, 0.1) is 6.92 Å². The molecule has 0 saturated carbocycles. The Hall–Kier alpha value is -1.90. The van der Waals surface area contributed by atoms with Crippen molar-refractivity contribution in [2.24, 2.45) is 0 Å². The molecule has 0 saturated heterocycles.